The Bertz CT molecular complexity index is 1800. The fraction of sp³-hybridized carbons (Fsp3) is 0.414. The molecular formula is C29H25F5N6O2S. The lowest BCUT2D eigenvalue weighted by Gasteiger charge is -2.30. The number of aromatic nitrogens is 2. The largest absolute Gasteiger partial charge is 0.463 e. The highest BCUT2D eigenvalue weighted by Crippen LogP contribution is 2.48. The number of nitrogen functional groups attached to an aromatic ring is 1. The lowest BCUT2D eigenvalue weighted by Crippen LogP contribution is -2.44. The molecule has 3 N–H and O–H groups in total. The van der Waals surface area contributed by atoms with E-state index in [4.69, 9.17) is 15.2 Å². The number of nitrogens with two attached hydrogens (primary N) is 1. The number of thiophene rings is 1. The molecule has 2 aromatic heterocycles. The van der Waals surface area contributed by atoms with Crippen LogP contribution >= 0.6 is 11.3 Å². The Morgan fingerprint density at radius 3 is 2.67 bits per heavy atom. The summed E-state index contributed by atoms with van der Waals surface area (Å²) in [6, 6.07) is 4.63. The van der Waals surface area contributed by atoms with Gasteiger partial charge >= 0.3 is 12.2 Å². The van der Waals surface area contributed by atoms with Gasteiger partial charge in [0.2, 0.25) is 0 Å². The van der Waals surface area contributed by atoms with Crippen LogP contribution in [-0.2, 0) is 10.9 Å². The summed E-state index contributed by atoms with van der Waals surface area (Å²) in [5.74, 6) is -1.72. The van der Waals surface area contributed by atoms with Crippen LogP contribution in [-0.4, -0.2) is 55.0 Å². The number of rotatable bonds is 5. The summed E-state index contributed by atoms with van der Waals surface area (Å²) in [4.78, 5) is 10.7. The van der Waals surface area contributed by atoms with Crippen molar-refractivity contribution in [3.05, 3.63) is 41.0 Å². The number of hydrogen-bond acceptors (Lipinski definition) is 9. The topological polar surface area (TPSA) is 109 Å². The first-order valence-corrected chi connectivity index (χ1v) is 14.7. The van der Waals surface area contributed by atoms with Crippen molar-refractivity contribution in [1.82, 2.24) is 15.3 Å². The minimum atomic E-state index is -5.01. The molecule has 224 valence electrons. The van der Waals surface area contributed by atoms with E-state index in [1.807, 2.05) is 11.0 Å². The number of nitriles is 1. The summed E-state index contributed by atoms with van der Waals surface area (Å²) in [6.45, 7) is 2.52. The third-order valence-corrected chi connectivity index (χ3v) is 9.54. The minimum absolute atomic E-state index is 0.0350. The van der Waals surface area contributed by atoms with Crippen LogP contribution in [0.25, 0.3) is 32.1 Å². The number of anilines is 2. The molecular weight excluding hydrogens is 591 g/mol. The molecule has 0 spiro atoms. The maximum absolute atomic E-state index is 16.7. The van der Waals surface area contributed by atoms with Gasteiger partial charge in [0.25, 0.3) is 0 Å². The van der Waals surface area contributed by atoms with Crippen LogP contribution in [0.3, 0.4) is 0 Å². The van der Waals surface area contributed by atoms with Crippen molar-refractivity contribution < 1.29 is 31.4 Å². The molecule has 3 saturated heterocycles. The molecule has 3 aliphatic heterocycles. The van der Waals surface area contributed by atoms with Crippen molar-refractivity contribution >= 4 is 43.1 Å². The third-order valence-electron chi connectivity index (χ3n) is 8.51. The van der Waals surface area contributed by atoms with E-state index in [2.05, 4.69) is 15.3 Å². The van der Waals surface area contributed by atoms with E-state index in [9.17, 15) is 22.8 Å². The molecule has 3 aliphatic rings. The van der Waals surface area contributed by atoms with Gasteiger partial charge in [0.05, 0.1) is 22.4 Å². The summed E-state index contributed by atoms with van der Waals surface area (Å²) >= 11 is 0.720. The van der Waals surface area contributed by atoms with Gasteiger partial charge in [-0.25, -0.2) is 8.78 Å². The molecule has 0 aliphatic carbocycles. The van der Waals surface area contributed by atoms with Crippen LogP contribution in [0.2, 0.25) is 0 Å². The summed E-state index contributed by atoms with van der Waals surface area (Å²) in [5, 5.41) is 12.7. The van der Waals surface area contributed by atoms with Gasteiger partial charge in [0.1, 0.15) is 28.2 Å². The highest BCUT2D eigenvalue weighted by molar-refractivity contribution is 7.23. The number of piperazine rings is 1. The Kier molecular flexibility index (Phi) is 6.79. The number of alkyl halides is 3. The van der Waals surface area contributed by atoms with E-state index in [0.29, 0.717) is 26.3 Å². The number of fused-ring (bicyclic) bond motifs is 4. The fourth-order valence-corrected chi connectivity index (χ4v) is 7.35. The van der Waals surface area contributed by atoms with Crippen LogP contribution in [0.4, 0.5) is 32.8 Å². The molecule has 2 aromatic carbocycles. The van der Waals surface area contributed by atoms with Crippen LogP contribution in [0, 0.1) is 28.9 Å². The third kappa shape index (κ3) is 4.70. The zero-order chi connectivity index (χ0) is 30.0. The first-order chi connectivity index (χ1) is 20.6. The van der Waals surface area contributed by atoms with Gasteiger partial charge < -0.3 is 25.4 Å². The second-order valence-electron chi connectivity index (χ2n) is 11.1. The number of nitrogens with zero attached hydrogens (tertiary/aromatic N) is 4. The molecule has 43 heavy (non-hydrogen) atoms. The quantitative estimate of drug-likeness (QED) is 0.278. The van der Waals surface area contributed by atoms with Crippen molar-refractivity contribution in [3.63, 3.8) is 0 Å². The van der Waals surface area contributed by atoms with Gasteiger partial charge in [0.15, 0.2) is 5.82 Å². The molecule has 0 radical (unpaired) electrons. The van der Waals surface area contributed by atoms with E-state index in [0.717, 1.165) is 48.8 Å². The molecule has 7 rings (SSSR count). The van der Waals surface area contributed by atoms with Crippen LogP contribution in [0.15, 0.2) is 18.2 Å². The normalized spacial score (nSPS) is 20.8. The Morgan fingerprint density at radius 2 is 2.00 bits per heavy atom. The van der Waals surface area contributed by atoms with Crippen LogP contribution in [0.5, 0.6) is 6.01 Å². The standard InChI is InChI=1S/C29H25F5N6O2S/c30-20-2-1-16(21-18(9-35)26(36)43-25(20)21)22-19(29(32,33)34)8-17-24(23(22)31)38-28(42-12-13-3-5-41-6-4-13)39-27(17)40-11-14-7-15(40)10-37-14/h1-2,8,13-15,37H,3-7,10-12,36H2/t14-,15-/m0/s1. The highest BCUT2D eigenvalue weighted by Gasteiger charge is 2.42. The van der Waals surface area contributed by atoms with E-state index < -0.39 is 28.9 Å². The number of benzene rings is 2. The lowest BCUT2D eigenvalue weighted by molar-refractivity contribution is -0.137. The van der Waals surface area contributed by atoms with E-state index in [-0.39, 0.29) is 73.6 Å². The lowest BCUT2D eigenvalue weighted by atomic mass is 9.92. The number of ether oxygens (including phenoxy) is 2. The van der Waals surface area contributed by atoms with Gasteiger partial charge in [-0.2, -0.15) is 28.4 Å². The minimum Gasteiger partial charge on any atom is -0.463 e. The molecule has 14 heteroatoms. The molecule has 0 amide bonds. The maximum atomic E-state index is 16.7. The number of hydrogen-bond donors (Lipinski definition) is 2. The predicted octanol–water partition coefficient (Wildman–Crippen LogP) is 5.62. The predicted molar refractivity (Wildman–Crippen MR) is 151 cm³/mol. The highest BCUT2D eigenvalue weighted by atomic mass is 32.1. The molecule has 0 saturated carbocycles. The Hall–Kier alpha value is -3.80. The summed E-state index contributed by atoms with van der Waals surface area (Å²) in [7, 11) is 0. The zero-order valence-electron chi connectivity index (χ0n) is 22.6. The second-order valence-corrected chi connectivity index (χ2v) is 12.2. The smallest absolute Gasteiger partial charge is 0.417 e. The number of halogens is 5. The molecule has 2 bridgehead atoms. The molecule has 5 heterocycles. The van der Waals surface area contributed by atoms with Gasteiger partial charge in [-0.15, -0.1) is 11.3 Å². The monoisotopic (exact) mass is 616 g/mol. The molecule has 2 atom stereocenters. The SMILES string of the molecule is N#Cc1c(N)sc2c(F)ccc(-c3c(C(F)(F)F)cc4c(N5C[C@@H]6C[C@H]5CN6)nc(OCC5CCOCC5)nc4c3F)c12. The average molecular weight is 617 g/mol. The molecule has 8 nitrogen and oxygen atoms in total. The maximum Gasteiger partial charge on any atom is 0.417 e. The first kappa shape index (κ1) is 28.0. The Morgan fingerprint density at radius 1 is 1.21 bits per heavy atom. The number of nitrogens with one attached hydrogen (secondary N) is 1. The summed E-state index contributed by atoms with van der Waals surface area (Å²) < 4.78 is 87.0. The second kappa shape index (κ2) is 10.4. The van der Waals surface area contributed by atoms with E-state index in [1.54, 1.807) is 0 Å². The van der Waals surface area contributed by atoms with Gasteiger partial charge in [0, 0.05) is 54.7 Å². The Labute approximate surface area is 246 Å². The van der Waals surface area contributed by atoms with Crippen molar-refractivity contribution in [1.29, 1.82) is 5.26 Å². The van der Waals surface area contributed by atoms with Crippen molar-refractivity contribution in [3.8, 4) is 23.2 Å². The zero-order valence-corrected chi connectivity index (χ0v) is 23.4. The van der Waals surface area contributed by atoms with Crippen molar-refractivity contribution in [2.45, 2.75) is 37.5 Å². The average Bonchev–Trinajstić information content (AvgIpc) is 3.71. The van der Waals surface area contributed by atoms with E-state index >= 15 is 4.39 Å². The van der Waals surface area contributed by atoms with Gasteiger partial charge in [-0.3, -0.25) is 0 Å². The van der Waals surface area contributed by atoms with Gasteiger partial charge in [-0.05, 0) is 42.9 Å². The molecule has 3 fully saturated rings. The molecule has 0 unspecified atom stereocenters. The van der Waals surface area contributed by atoms with E-state index in [1.165, 1.54) is 0 Å². The first-order valence-electron chi connectivity index (χ1n) is 13.9. The summed E-state index contributed by atoms with van der Waals surface area (Å²) in [5.41, 5.74) is 2.91. The summed E-state index contributed by atoms with van der Waals surface area (Å²) in [6.07, 6.45) is -2.71. The van der Waals surface area contributed by atoms with Crippen molar-refractivity contribution in [2.75, 3.05) is 43.5 Å². The van der Waals surface area contributed by atoms with Crippen LogP contribution < -0.4 is 20.7 Å². The Balaban J connectivity index is 1.47. The fourth-order valence-electron chi connectivity index (χ4n) is 6.40. The molecule has 4 aromatic rings. The van der Waals surface area contributed by atoms with Gasteiger partial charge in [-0.1, -0.05) is 6.07 Å². The van der Waals surface area contributed by atoms with Crippen molar-refractivity contribution in [2.24, 2.45) is 5.92 Å². The van der Waals surface area contributed by atoms with Crippen LogP contribution in [0.1, 0.15) is 30.4 Å².